The van der Waals surface area contributed by atoms with Crippen LogP contribution in [0.25, 0.3) is 0 Å². The third-order valence-corrected chi connectivity index (χ3v) is 2.70. The van der Waals surface area contributed by atoms with Gasteiger partial charge in [-0.25, -0.2) is 4.79 Å². The number of benzene rings is 1. The number of carbonyl (C=O) groups is 1. The molecule has 1 aliphatic rings. The van der Waals surface area contributed by atoms with Crippen LogP contribution in [-0.2, 0) is 0 Å². The molecule has 0 aliphatic carbocycles. The molecule has 1 aromatic rings. The van der Waals surface area contributed by atoms with Gasteiger partial charge < -0.3 is 16.0 Å². The van der Waals surface area contributed by atoms with Crippen LogP contribution in [-0.4, -0.2) is 25.2 Å². The summed E-state index contributed by atoms with van der Waals surface area (Å²) in [6, 6.07) is 7.89. The van der Waals surface area contributed by atoms with E-state index in [-0.39, 0.29) is 12.1 Å². The molecule has 0 radical (unpaired) electrons. The van der Waals surface area contributed by atoms with Gasteiger partial charge in [-0.1, -0.05) is 17.7 Å². The van der Waals surface area contributed by atoms with E-state index < -0.39 is 0 Å². The van der Waals surface area contributed by atoms with Gasteiger partial charge in [0, 0.05) is 18.3 Å². The van der Waals surface area contributed by atoms with Gasteiger partial charge in [-0.15, -0.1) is 0 Å². The van der Waals surface area contributed by atoms with Gasteiger partial charge in [-0.05, 0) is 32.0 Å². The highest BCUT2D eigenvalue weighted by Crippen LogP contribution is 2.08. The molecule has 1 heterocycles. The van der Waals surface area contributed by atoms with Crippen LogP contribution in [0.3, 0.4) is 0 Å². The molecular weight excluding hydrogens is 202 g/mol. The summed E-state index contributed by atoms with van der Waals surface area (Å²) in [5.74, 6) is 0. The maximum Gasteiger partial charge on any atom is 0.319 e. The zero-order chi connectivity index (χ0) is 11.4. The summed E-state index contributed by atoms with van der Waals surface area (Å²) in [6.07, 6.45) is 1.00. The van der Waals surface area contributed by atoms with Gasteiger partial charge in [0.25, 0.3) is 0 Å². The van der Waals surface area contributed by atoms with E-state index in [0.29, 0.717) is 0 Å². The molecule has 4 nitrogen and oxygen atoms in total. The minimum Gasteiger partial charge on any atom is -0.334 e. The van der Waals surface area contributed by atoms with Crippen LogP contribution in [0.5, 0.6) is 0 Å². The number of hydrogen-bond donors (Lipinski definition) is 3. The third kappa shape index (κ3) is 2.97. The molecule has 4 heteroatoms. The second-order valence-electron chi connectivity index (χ2n) is 4.15. The molecule has 2 amide bonds. The number of anilines is 1. The molecule has 1 aromatic carbocycles. The van der Waals surface area contributed by atoms with Crippen LogP contribution in [0.15, 0.2) is 24.3 Å². The standard InChI is InChI=1S/C12H17N3O/c1-9-2-4-10(5-3-9)14-12(16)15-11-6-7-13-8-11/h2-5,11,13H,6-8H2,1H3,(H2,14,15,16)/t11-/m0/s1. The van der Waals surface area contributed by atoms with E-state index in [2.05, 4.69) is 16.0 Å². The van der Waals surface area contributed by atoms with Crippen molar-refractivity contribution < 1.29 is 4.79 Å². The molecule has 1 aliphatic heterocycles. The topological polar surface area (TPSA) is 53.2 Å². The summed E-state index contributed by atoms with van der Waals surface area (Å²) in [4.78, 5) is 11.6. The summed E-state index contributed by atoms with van der Waals surface area (Å²) in [5, 5.41) is 8.95. The molecule has 2 rings (SSSR count). The van der Waals surface area contributed by atoms with Gasteiger partial charge >= 0.3 is 6.03 Å². The van der Waals surface area contributed by atoms with Gasteiger partial charge in [-0.3, -0.25) is 0 Å². The first-order valence-corrected chi connectivity index (χ1v) is 5.59. The van der Waals surface area contributed by atoms with Crippen molar-refractivity contribution in [3.63, 3.8) is 0 Å². The summed E-state index contributed by atoms with van der Waals surface area (Å²) in [5.41, 5.74) is 2.01. The monoisotopic (exact) mass is 219 g/mol. The number of urea groups is 1. The lowest BCUT2D eigenvalue weighted by Crippen LogP contribution is -2.39. The van der Waals surface area contributed by atoms with Crippen LogP contribution in [0.2, 0.25) is 0 Å². The van der Waals surface area contributed by atoms with Crippen molar-refractivity contribution in [2.24, 2.45) is 0 Å². The first-order valence-electron chi connectivity index (χ1n) is 5.59. The van der Waals surface area contributed by atoms with Crippen molar-refractivity contribution in [1.82, 2.24) is 10.6 Å². The number of nitrogens with one attached hydrogen (secondary N) is 3. The minimum absolute atomic E-state index is 0.127. The van der Waals surface area contributed by atoms with Crippen LogP contribution in [0.4, 0.5) is 10.5 Å². The van der Waals surface area contributed by atoms with Gasteiger partial charge in [0.2, 0.25) is 0 Å². The zero-order valence-electron chi connectivity index (χ0n) is 9.42. The Kier molecular flexibility index (Phi) is 3.41. The Morgan fingerprint density at radius 2 is 2.12 bits per heavy atom. The van der Waals surface area contributed by atoms with E-state index in [1.807, 2.05) is 31.2 Å². The Morgan fingerprint density at radius 3 is 2.75 bits per heavy atom. The number of hydrogen-bond acceptors (Lipinski definition) is 2. The average molecular weight is 219 g/mol. The van der Waals surface area contributed by atoms with E-state index in [1.54, 1.807) is 0 Å². The fourth-order valence-corrected chi connectivity index (χ4v) is 1.77. The van der Waals surface area contributed by atoms with Gasteiger partial charge in [0.1, 0.15) is 0 Å². The maximum atomic E-state index is 11.6. The smallest absolute Gasteiger partial charge is 0.319 e. The van der Waals surface area contributed by atoms with Crippen LogP contribution >= 0.6 is 0 Å². The highest BCUT2D eigenvalue weighted by atomic mass is 16.2. The molecule has 0 aromatic heterocycles. The van der Waals surface area contributed by atoms with Crippen LogP contribution in [0, 0.1) is 6.92 Å². The molecule has 1 fully saturated rings. The highest BCUT2D eigenvalue weighted by Gasteiger charge is 2.16. The summed E-state index contributed by atoms with van der Waals surface area (Å²) < 4.78 is 0. The Hall–Kier alpha value is -1.55. The summed E-state index contributed by atoms with van der Waals surface area (Å²) in [6.45, 7) is 3.87. The average Bonchev–Trinajstić information content (AvgIpc) is 2.74. The summed E-state index contributed by atoms with van der Waals surface area (Å²) >= 11 is 0. The van der Waals surface area contributed by atoms with E-state index >= 15 is 0 Å². The molecule has 86 valence electrons. The number of carbonyl (C=O) groups excluding carboxylic acids is 1. The van der Waals surface area contributed by atoms with Crippen LogP contribution < -0.4 is 16.0 Å². The highest BCUT2D eigenvalue weighted by molar-refractivity contribution is 5.89. The predicted octanol–water partition coefficient (Wildman–Crippen LogP) is 1.48. The number of aryl methyl sites for hydroxylation is 1. The third-order valence-electron chi connectivity index (χ3n) is 2.70. The molecule has 0 saturated carbocycles. The quantitative estimate of drug-likeness (QED) is 0.705. The molecule has 16 heavy (non-hydrogen) atoms. The Labute approximate surface area is 95.4 Å². The first kappa shape index (κ1) is 11.0. The molecule has 0 bridgehead atoms. The second-order valence-corrected chi connectivity index (χ2v) is 4.15. The van der Waals surface area contributed by atoms with Crippen molar-refractivity contribution in [3.8, 4) is 0 Å². The van der Waals surface area contributed by atoms with Crippen molar-refractivity contribution >= 4 is 11.7 Å². The second kappa shape index (κ2) is 4.99. The predicted molar refractivity (Wildman–Crippen MR) is 64.6 cm³/mol. The van der Waals surface area contributed by atoms with Crippen molar-refractivity contribution in [1.29, 1.82) is 0 Å². The molecule has 1 saturated heterocycles. The fraction of sp³-hybridized carbons (Fsp3) is 0.417. The molecular formula is C12H17N3O. The van der Waals surface area contributed by atoms with Crippen LogP contribution in [0.1, 0.15) is 12.0 Å². The van der Waals surface area contributed by atoms with E-state index in [4.69, 9.17) is 0 Å². The van der Waals surface area contributed by atoms with Crippen molar-refractivity contribution in [2.45, 2.75) is 19.4 Å². The summed E-state index contributed by atoms with van der Waals surface area (Å²) in [7, 11) is 0. The lowest BCUT2D eigenvalue weighted by Gasteiger charge is -2.12. The SMILES string of the molecule is Cc1ccc(NC(=O)N[C@H]2CCNC2)cc1. The Bertz CT molecular complexity index is 355. The Morgan fingerprint density at radius 1 is 1.38 bits per heavy atom. The fourth-order valence-electron chi connectivity index (χ4n) is 1.77. The van der Waals surface area contributed by atoms with Gasteiger partial charge in [0.05, 0.1) is 0 Å². The molecule has 0 spiro atoms. The lowest BCUT2D eigenvalue weighted by atomic mass is 10.2. The van der Waals surface area contributed by atoms with Gasteiger partial charge in [-0.2, -0.15) is 0 Å². The molecule has 3 N–H and O–H groups in total. The zero-order valence-corrected chi connectivity index (χ0v) is 9.42. The number of rotatable bonds is 2. The van der Waals surface area contributed by atoms with E-state index in [1.165, 1.54) is 5.56 Å². The first-order chi connectivity index (χ1) is 7.74. The van der Waals surface area contributed by atoms with Crippen molar-refractivity contribution in [3.05, 3.63) is 29.8 Å². The van der Waals surface area contributed by atoms with E-state index in [9.17, 15) is 4.79 Å². The Balaban J connectivity index is 1.84. The maximum absolute atomic E-state index is 11.6. The normalized spacial score (nSPS) is 19.4. The molecule has 0 unspecified atom stereocenters. The van der Waals surface area contributed by atoms with Gasteiger partial charge in [0.15, 0.2) is 0 Å². The molecule has 1 atom stereocenters. The minimum atomic E-state index is -0.127. The number of amides is 2. The van der Waals surface area contributed by atoms with Crippen molar-refractivity contribution in [2.75, 3.05) is 18.4 Å². The lowest BCUT2D eigenvalue weighted by molar-refractivity contribution is 0.249. The van der Waals surface area contributed by atoms with E-state index in [0.717, 1.165) is 25.2 Å². The largest absolute Gasteiger partial charge is 0.334 e.